The number of carbonyl (C=O) groups is 3. The van der Waals surface area contributed by atoms with Gasteiger partial charge in [-0.2, -0.15) is 0 Å². The van der Waals surface area contributed by atoms with E-state index in [-0.39, 0.29) is 34.3 Å². The summed E-state index contributed by atoms with van der Waals surface area (Å²) in [4.78, 5) is 39.6. The molecule has 2 aromatic heterocycles. The first kappa shape index (κ1) is 17.1. The van der Waals surface area contributed by atoms with E-state index >= 15 is 0 Å². The van der Waals surface area contributed by atoms with Crippen LogP contribution in [-0.2, 0) is 6.54 Å². The van der Waals surface area contributed by atoms with Crippen molar-refractivity contribution in [1.29, 1.82) is 0 Å². The molecule has 1 aliphatic rings. The fourth-order valence-corrected chi connectivity index (χ4v) is 3.89. The molecule has 0 aliphatic heterocycles. The van der Waals surface area contributed by atoms with Crippen molar-refractivity contribution >= 4 is 23.0 Å². The molecule has 2 heterocycles. The average molecular weight is 380 g/mol. The molecule has 29 heavy (non-hydrogen) atoms. The summed E-state index contributed by atoms with van der Waals surface area (Å²) >= 11 is 0. The molecule has 0 spiro atoms. The monoisotopic (exact) mass is 380 g/mol. The van der Waals surface area contributed by atoms with Crippen molar-refractivity contribution in [3.05, 3.63) is 113 Å². The van der Waals surface area contributed by atoms with Crippen LogP contribution in [0.15, 0.2) is 79.0 Å². The second kappa shape index (κ2) is 6.56. The van der Waals surface area contributed by atoms with E-state index in [9.17, 15) is 14.4 Å². The molecule has 5 rings (SSSR count). The maximum absolute atomic E-state index is 13.3. The van der Waals surface area contributed by atoms with Gasteiger partial charge in [-0.05, 0) is 17.7 Å². The maximum Gasteiger partial charge on any atom is 0.254 e. The van der Waals surface area contributed by atoms with Gasteiger partial charge in [-0.15, -0.1) is 0 Å². The Labute approximate surface area is 166 Å². The van der Waals surface area contributed by atoms with Crippen molar-refractivity contribution in [3.8, 4) is 0 Å². The highest BCUT2D eigenvalue weighted by Crippen LogP contribution is 2.33. The van der Waals surface area contributed by atoms with Crippen molar-refractivity contribution in [3.63, 3.8) is 0 Å². The summed E-state index contributed by atoms with van der Waals surface area (Å²) in [5, 5.41) is 2.89. The van der Waals surface area contributed by atoms with Crippen molar-refractivity contribution in [2.45, 2.75) is 6.54 Å². The van der Waals surface area contributed by atoms with Crippen LogP contribution in [-0.4, -0.2) is 21.9 Å². The highest BCUT2D eigenvalue weighted by atomic mass is 16.2. The standard InChI is InChI=1S/C24H16N2O3/c27-22-16-10-4-5-11-17(16)23(28)21-20(22)19(18-12-6-7-13-26(18)21)24(29)25-14-15-8-2-1-3-9-15/h1-13H,14H2,(H,25,29). The van der Waals surface area contributed by atoms with E-state index in [0.29, 0.717) is 23.2 Å². The van der Waals surface area contributed by atoms with Crippen LogP contribution in [0, 0.1) is 0 Å². The lowest BCUT2D eigenvalue weighted by molar-refractivity contribution is 0.0938. The topological polar surface area (TPSA) is 67.7 Å². The molecule has 1 N–H and O–H groups in total. The highest BCUT2D eigenvalue weighted by molar-refractivity contribution is 6.32. The van der Waals surface area contributed by atoms with Crippen LogP contribution < -0.4 is 5.32 Å². The summed E-state index contributed by atoms with van der Waals surface area (Å²) in [5.41, 5.74) is 2.84. The summed E-state index contributed by atoms with van der Waals surface area (Å²) in [6.07, 6.45) is 1.71. The number of nitrogens with one attached hydrogen (secondary N) is 1. The van der Waals surface area contributed by atoms with Crippen LogP contribution in [0.1, 0.15) is 47.9 Å². The second-order valence-corrected chi connectivity index (χ2v) is 6.93. The van der Waals surface area contributed by atoms with Gasteiger partial charge in [0.1, 0.15) is 5.69 Å². The molecule has 1 aliphatic carbocycles. The molecule has 1 amide bonds. The van der Waals surface area contributed by atoms with E-state index in [0.717, 1.165) is 5.56 Å². The number of hydrogen-bond acceptors (Lipinski definition) is 3. The highest BCUT2D eigenvalue weighted by Gasteiger charge is 2.37. The molecular weight excluding hydrogens is 364 g/mol. The van der Waals surface area contributed by atoms with Gasteiger partial charge in [0, 0.05) is 23.9 Å². The summed E-state index contributed by atoms with van der Waals surface area (Å²) < 4.78 is 1.64. The third-order valence-corrected chi connectivity index (χ3v) is 5.23. The Morgan fingerprint density at radius 2 is 1.45 bits per heavy atom. The minimum absolute atomic E-state index is 0.172. The van der Waals surface area contributed by atoms with Gasteiger partial charge < -0.3 is 9.72 Å². The molecule has 0 bridgehead atoms. The molecule has 4 aromatic rings. The van der Waals surface area contributed by atoms with Gasteiger partial charge in [-0.3, -0.25) is 14.4 Å². The van der Waals surface area contributed by atoms with E-state index in [1.165, 1.54) is 0 Å². The molecular formula is C24H16N2O3. The largest absolute Gasteiger partial charge is 0.348 e. The molecule has 0 atom stereocenters. The molecule has 140 valence electrons. The number of ketones is 2. The second-order valence-electron chi connectivity index (χ2n) is 6.93. The minimum atomic E-state index is -0.376. The molecule has 0 unspecified atom stereocenters. The fourth-order valence-electron chi connectivity index (χ4n) is 3.89. The minimum Gasteiger partial charge on any atom is -0.348 e. The van der Waals surface area contributed by atoms with Gasteiger partial charge in [-0.1, -0.05) is 60.7 Å². The maximum atomic E-state index is 13.3. The van der Waals surface area contributed by atoms with Gasteiger partial charge in [0.15, 0.2) is 5.78 Å². The third-order valence-electron chi connectivity index (χ3n) is 5.23. The predicted octanol–water partition coefficient (Wildman–Crippen LogP) is 3.64. The first-order chi connectivity index (χ1) is 14.2. The fraction of sp³-hybridized carbons (Fsp3) is 0.0417. The molecule has 5 heteroatoms. The first-order valence-corrected chi connectivity index (χ1v) is 9.30. The summed E-state index contributed by atoms with van der Waals surface area (Å²) in [6.45, 7) is 0.331. The Kier molecular flexibility index (Phi) is 3.88. The molecule has 2 aromatic carbocycles. The summed E-state index contributed by atoms with van der Waals surface area (Å²) in [6, 6.07) is 21.6. The number of nitrogens with zero attached hydrogens (tertiary/aromatic N) is 1. The van der Waals surface area contributed by atoms with E-state index in [2.05, 4.69) is 5.32 Å². The number of carbonyl (C=O) groups excluding carboxylic acids is 3. The van der Waals surface area contributed by atoms with Crippen LogP contribution >= 0.6 is 0 Å². The van der Waals surface area contributed by atoms with Crippen LogP contribution in [0.2, 0.25) is 0 Å². The van der Waals surface area contributed by atoms with Crippen molar-refractivity contribution in [1.82, 2.24) is 9.72 Å². The number of benzene rings is 2. The van der Waals surface area contributed by atoms with Gasteiger partial charge >= 0.3 is 0 Å². The number of fused-ring (bicyclic) bond motifs is 4. The Morgan fingerprint density at radius 1 is 0.793 bits per heavy atom. The van der Waals surface area contributed by atoms with Gasteiger partial charge in [0.05, 0.1) is 16.6 Å². The van der Waals surface area contributed by atoms with E-state index < -0.39 is 0 Å². The zero-order valence-electron chi connectivity index (χ0n) is 15.4. The Hall–Kier alpha value is -3.99. The smallest absolute Gasteiger partial charge is 0.254 e. The normalized spacial score (nSPS) is 12.6. The lowest BCUT2D eigenvalue weighted by Crippen LogP contribution is -2.27. The number of hydrogen-bond donors (Lipinski definition) is 1. The number of amides is 1. The number of pyridine rings is 1. The Bertz CT molecular complexity index is 1300. The average Bonchev–Trinajstić information content (AvgIpc) is 3.12. The zero-order valence-corrected chi connectivity index (χ0v) is 15.4. The van der Waals surface area contributed by atoms with Crippen molar-refractivity contribution in [2.75, 3.05) is 0 Å². The molecule has 0 saturated carbocycles. The van der Waals surface area contributed by atoms with Crippen LogP contribution in [0.25, 0.3) is 5.52 Å². The van der Waals surface area contributed by atoms with Crippen molar-refractivity contribution in [2.24, 2.45) is 0 Å². The SMILES string of the molecule is O=C1c2ccccc2C(=O)c2c1c(C(=O)NCc1ccccc1)c1ccccn21. The Morgan fingerprint density at radius 3 is 2.21 bits per heavy atom. The predicted molar refractivity (Wildman–Crippen MR) is 108 cm³/mol. The lowest BCUT2D eigenvalue weighted by Gasteiger charge is -2.15. The summed E-state index contributed by atoms with van der Waals surface area (Å²) in [5.74, 6) is -0.929. The first-order valence-electron chi connectivity index (χ1n) is 9.30. The quantitative estimate of drug-likeness (QED) is 0.520. The van der Waals surface area contributed by atoms with E-state index in [4.69, 9.17) is 0 Å². The van der Waals surface area contributed by atoms with Crippen LogP contribution in [0.3, 0.4) is 0 Å². The lowest BCUT2D eigenvalue weighted by atomic mass is 9.86. The van der Waals surface area contributed by atoms with Crippen LogP contribution in [0.4, 0.5) is 0 Å². The number of aromatic nitrogens is 1. The molecule has 5 nitrogen and oxygen atoms in total. The summed E-state index contributed by atoms with van der Waals surface area (Å²) in [7, 11) is 0. The third kappa shape index (κ3) is 2.59. The zero-order chi connectivity index (χ0) is 20.0. The molecule has 0 radical (unpaired) electrons. The molecule has 0 saturated heterocycles. The van der Waals surface area contributed by atoms with Gasteiger partial charge in [0.25, 0.3) is 5.91 Å². The Balaban J connectivity index is 1.66. The number of rotatable bonds is 3. The molecule has 0 fully saturated rings. The van der Waals surface area contributed by atoms with E-state index in [1.54, 1.807) is 53.1 Å². The van der Waals surface area contributed by atoms with E-state index in [1.807, 2.05) is 30.3 Å². The van der Waals surface area contributed by atoms with Gasteiger partial charge in [0.2, 0.25) is 5.78 Å². The van der Waals surface area contributed by atoms with Gasteiger partial charge in [-0.25, -0.2) is 0 Å². The van der Waals surface area contributed by atoms with Crippen LogP contribution in [0.5, 0.6) is 0 Å². The van der Waals surface area contributed by atoms with Crippen molar-refractivity contribution < 1.29 is 14.4 Å².